The molecule has 1 aromatic heterocycles. The third-order valence-corrected chi connectivity index (χ3v) is 3.55. The third-order valence-electron chi connectivity index (χ3n) is 3.55. The van der Waals surface area contributed by atoms with Gasteiger partial charge >= 0.3 is 0 Å². The summed E-state index contributed by atoms with van der Waals surface area (Å²) in [6.45, 7) is 3.60. The quantitative estimate of drug-likeness (QED) is 0.834. The van der Waals surface area contributed by atoms with Crippen LogP contribution < -0.4 is 5.73 Å². The number of hydrogen-bond donors (Lipinski definition) is 1. The Morgan fingerprint density at radius 1 is 1.31 bits per heavy atom. The molecule has 0 atom stereocenters. The van der Waals surface area contributed by atoms with Crippen LogP contribution >= 0.6 is 0 Å². The molecule has 1 fully saturated rings. The molecule has 0 amide bonds. The molecule has 2 N–H and O–H groups in total. The second kappa shape index (κ2) is 4.91. The SMILES string of the molecule is CCCn1nnc(C2(CN)CCCCC2)n1. The Hall–Kier alpha value is -0.970. The van der Waals surface area contributed by atoms with E-state index < -0.39 is 0 Å². The molecule has 0 bridgehead atoms. The predicted octanol–water partition coefficient (Wildman–Crippen LogP) is 1.24. The van der Waals surface area contributed by atoms with Crippen LogP contribution in [-0.4, -0.2) is 26.8 Å². The van der Waals surface area contributed by atoms with Crippen LogP contribution in [0.15, 0.2) is 0 Å². The summed E-state index contributed by atoms with van der Waals surface area (Å²) >= 11 is 0. The van der Waals surface area contributed by atoms with Crippen molar-refractivity contribution in [1.29, 1.82) is 0 Å². The topological polar surface area (TPSA) is 69.6 Å². The Bertz CT molecular complexity index is 327. The summed E-state index contributed by atoms with van der Waals surface area (Å²) in [7, 11) is 0. The zero-order chi connectivity index (χ0) is 11.4. The van der Waals surface area contributed by atoms with Crippen LogP contribution in [0.2, 0.25) is 0 Å². The molecule has 0 aliphatic heterocycles. The van der Waals surface area contributed by atoms with Gasteiger partial charge in [-0.05, 0) is 24.5 Å². The van der Waals surface area contributed by atoms with E-state index in [-0.39, 0.29) is 5.41 Å². The fraction of sp³-hybridized carbons (Fsp3) is 0.909. The largest absolute Gasteiger partial charge is 0.329 e. The van der Waals surface area contributed by atoms with Crippen molar-refractivity contribution in [3.8, 4) is 0 Å². The summed E-state index contributed by atoms with van der Waals surface area (Å²) < 4.78 is 0. The van der Waals surface area contributed by atoms with E-state index in [1.165, 1.54) is 19.3 Å². The van der Waals surface area contributed by atoms with Crippen molar-refractivity contribution in [1.82, 2.24) is 20.2 Å². The molecule has 0 spiro atoms. The van der Waals surface area contributed by atoms with E-state index in [1.807, 2.05) is 0 Å². The molecule has 1 aliphatic carbocycles. The summed E-state index contributed by atoms with van der Waals surface area (Å²) in [5, 5.41) is 12.8. The second-order valence-electron chi connectivity index (χ2n) is 4.75. The molecule has 0 aromatic carbocycles. The van der Waals surface area contributed by atoms with Crippen molar-refractivity contribution in [2.75, 3.05) is 6.54 Å². The fourth-order valence-electron chi connectivity index (χ4n) is 2.50. The smallest absolute Gasteiger partial charge is 0.182 e. The lowest BCUT2D eigenvalue weighted by Gasteiger charge is -2.32. The van der Waals surface area contributed by atoms with E-state index in [4.69, 9.17) is 5.73 Å². The molecule has 16 heavy (non-hydrogen) atoms. The number of tetrazole rings is 1. The minimum absolute atomic E-state index is 0.00421. The third kappa shape index (κ3) is 2.09. The zero-order valence-electron chi connectivity index (χ0n) is 10.0. The van der Waals surface area contributed by atoms with Gasteiger partial charge in [0.05, 0.1) is 6.54 Å². The molecule has 90 valence electrons. The predicted molar refractivity (Wildman–Crippen MR) is 61.9 cm³/mol. The molecular weight excluding hydrogens is 202 g/mol. The van der Waals surface area contributed by atoms with Gasteiger partial charge in [0.25, 0.3) is 0 Å². The number of hydrogen-bond acceptors (Lipinski definition) is 4. The lowest BCUT2D eigenvalue weighted by atomic mass is 9.73. The molecule has 5 heteroatoms. The van der Waals surface area contributed by atoms with Crippen molar-refractivity contribution >= 4 is 0 Å². The van der Waals surface area contributed by atoms with Gasteiger partial charge < -0.3 is 5.73 Å². The standard InChI is InChI=1S/C11H21N5/c1-2-8-16-14-10(13-15-16)11(9-12)6-4-3-5-7-11/h2-9,12H2,1H3. The van der Waals surface area contributed by atoms with Crippen LogP contribution in [0.4, 0.5) is 0 Å². The maximum Gasteiger partial charge on any atom is 0.182 e. The summed E-state index contributed by atoms with van der Waals surface area (Å²) in [6.07, 6.45) is 7.04. The van der Waals surface area contributed by atoms with E-state index >= 15 is 0 Å². The average molecular weight is 223 g/mol. The average Bonchev–Trinajstić information content (AvgIpc) is 2.80. The maximum absolute atomic E-state index is 5.94. The van der Waals surface area contributed by atoms with Crippen molar-refractivity contribution < 1.29 is 0 Å². The number of rotatable bonds is 4. The lowest BCUT2D eigenvalue weighted by Crippen LogP contribution is -2.38. The Labute approximate surface area is 96.4 Å². The summed E-state index contributed by atoms with van der Waals surface area (Å²) in [4.78, 5) is 1.70. The molecule has 5 nitrogen and oxygen atoms in total. The van der Waals surface area contributed by atoms with Gasteiger partial charge in [0.15, 0.2) is 5.82 Å². The highest BCUT2D eigenvalue weighted by atomic mass is 15.6. The molecule has 0 unspecified atom stereocenters. The molecule has 1 aromatic rings. The number of nitrogens with two attached hydrogens (primary N) is 1. The van der Waals surface area contributed by atoms with Crippen LogP contribution in [-0.2, 0) is 12.0 Å². The summed E-state index contributed by atoms with van der Waals surface area (Å²) in [5.41, 5.74) is 5.94. The van der Waals surface area contributed by atoms with E-state index in [0.717, 1.165) is 31.6 Å². The van der Waals surface area contributed by atoms with Crippen LogP contribution in [0.25, 0.3) is 0 Å². The minimum atomic E-state index is 0.00421. The highest BCUT2D eigenvalue weighted by molar-refractivity contribution is 5.07. The Kier molecular flexibility index (Phi) is 3.53. The highest BCUT2D eigenvalue weighted by Gasteiger charge is 2.36. The number of aromatic nitrogens is 4. The molecule has 0 radical (unpaired) electrons. The first-order valence-corrected chi connectivity index (χ1v) is 6.29. The van der Waals surface area contributed by atoms with E-state index in [2.05, 4.69) is 22.3 Å². The minimum Gasteiger partial charge on any atom is -0.329 e. The Balaban J connectivity index is 2.18. The molecule has 1 aliphatic rings. The molecule has 0 saturated heterocycles. The van der Waals surface area contributed by atoms with Gasteiger partial charge in [0.1, 0.15) is 0 Å². The zero-order valence-corrected chi connectivity index (χ0v) is 10.0. The van der Waals surface area contributed by atoms with Gasteiger partial charge in [0.2, 0.25) is 0 Å². The first-order chi connectivity index (χ1) is 7.80. The van der Waals surface area contributed by atoms with Gasteiger partial charge in [-0.25, -0.2) is 0 Å². The first-order valence-electron chi connectivity index (χ1n) is 6.29. The highest BCUT2D eigenvalue weighted by Crippen LogP contribution is 2.36. The van der Waals surface area contributed by atoms with Crippen molar-refractivity contribution in [2.24, 2.45) is 5.73 Å². The monoisotopic (exact) mass is 223 g/mol. The number of nitrogens with zero attached hydrogens (tertiary/aromatic N) is 4. The molecular formula is C11H21N5. The van der Waals surface area contributed by atoms with Crippen molar-refractivity contribution in [3.05, 3.63) is 5.82 Å². The normalized spacial score (nSPS) is 19.9. The molecule has 1 heterocycles. The first kappa shape index (κ1) is 11.5. The van der Waals surface area contributed by atoms with E-state index in [9.17, 15) is 0 Å². The Morgan fingerprint density at radius 2 is 2.06 bits per heavy atom. The van der Waals surface area contributed by atoms with Crippen LogP contribution in [0, 0.1) is 0 Å². The van der Waals surface area contributed by atoms with Crippen molar-refractivity contribution in [3.63, 3.8) is 0 Å². The van der Waals surface area contributed by atoms with E-state index in [1.54, 1.807) is 4.80 Å². The maximum atomic E-state index is 5.94. The van der Waals surface area contributed by atoms with E-state index in [0.29, 0.717) is 6.54 Å². The fourth-order valence-corrected chi connectivity index (χ4v) is 2.50. The van der Waals surface area contributed by atoms with Crippen LogP contribution in [0.3, 0.4) is 0 Å². The summed E-state index contributed by atoms with van der Waals surface area (Å²) in [6, 6.07) is 0. The van der Waals surface area contributed by atoms with Crippen LogP contribution in [0.1, 0.15) is 51.3 Å². The second-order valence-corrected chi connectivity index (χ2v) is 4.75. The molecule has 1 saturated carbocycles. The van der Waals surface area contributed by atoms with Crippen LogP contribution in [0.5, 0.6) is 0 Å². The Morgan fingerprint density at radius 3 is 2.69 bits per heavy atom. The van der Waals surface area contributed by atoms with Gasteiger partial charge in [-0.15, -0.1) is 10.2 Å². The lowest BCUT2D eigenvalue weighted by molar-refractivity contribution is 0.284. The summed E-state index contributed by atoms with van der Waals surface area (Å²) in [5.74, 6) is 0.864. The van der Waals surface area contributed by atoms with Gasteiger partial charge in [-0.1, -0.05) is 26.2 Å². The van der Waals surface area contributed by atoms with Gasteiger partial charge in [-0.2, -0.15) is 4.80 Å². The molecule has 2 rings (SSSR count). The van der Waals surface area contributed by atoms with Gasteiger partial charge in [-0.3, -0.25) is 0 Å². The number of aryl methyl sites for hydroxylation is 1. The van der Waals surface area contributed by atoms with Crippen molar-refractivity contribution in [2.45, 2.75) is 57.4 Å². The van der Waals surface area contributed by atoms with Gasteiger partial charge in [0, 0.05) is 12.0 Å².